The summed E-state index contributed by atoms with van der Waals surface area (Å²) in [6.45, 7) is 3.70. The minimum absolute atomic E-state index is 0.723. The molecule has 2 rings (SSSR count). The Morgan fingerprint density at radius 3 is 3.07 bits per heavy atom. The molecule has 0 atom stereocenters. The monoisotopic (exact) mass is 182 g/mol. The highest BCUT2D eigenvalue weighted by molar-refractivity contribution is 5.88. The maximum Gasteiger partial charge on any atom is 0.0998 e. The van der Waals surface area contributed by atoms with Gasteiger partial charge in [0.2, 0.25) is 0 Å². The number of nitrogens with zero attached hydrogens (tertiary/aromatic N) is 1. The molecule has 0 fully saturated rings. The van der Waals surface area contributed by atoms with Crippen molar-refractivity contribution in [2.45, 2.75) is 6.42 Å². The molecule has 2 heteroatoms. The number of hydrogen-bond donors (Lipinski definition) is 1. The van der Waals surface area contributed by atoms with Crippen molar-refractivity contribution in [1.29, 1.82) is 5.26 Å². The van der Waals surface area contributed by atoms with Crippen LogP contribution in [0.5, 0.6) is 0 Å². The van der Waals surface area contributed by atoms with Crippen molar-refractivity contribution in [1.82, 2.24) is 4.98 Å². The summed E-state index contributed by atoms with van der Waals surface area (Å²) in [5.74, 6) is 0. The largest absolute Gasteiger partial charge is 0.361 e. The zero-order valence-corrected chi connectivity index (χ0v) is 7.75. The van der Waals surface area contributed by atoms with E-state index in [1.807, 2.05) is 30.5 Å². The highest BCUT2D eigenvalue weighted by Gasteiger charge is 2.06. The summed E-state index contributed by atoms with van der Waals surface area (Å²) in [5.41, 5.74) is 2.87. The number of fused-ring (bicyclic) bond motifs is 1. The Kier molecular flexibility index (Phi) is 2.08. The normalized spacial score (nSPS) is 9.93. The van der Waals surface area contributed by atoms with Gasteiger partial charge in [-0.3, -0.25) is 0 Å². The van der Waals surface area contributed by atoms with Crippen molar-refractivity contribution >= 4 is 10.9 Å². The zero-order chi connectivity index (χ0) is 9.97. The second-order valence-electron chi connectivity index (χ2n) is 3.15. The van der Waals surface area contributed by atoms with Crippen molar-refractivity contribution < 1.29 is 0 Å². The van der Waals surface area contributed by atoms with Gasteiger partial charge in [-0.2, -0.15) is 5.26 Å². The predicted octanol–water partition coefficient (Wildman–Crippen LogP) is 2.77. The van der Waals surface area contributed by atoms with Gasteiger partial charge < -0.3 is 4.98 Å². The van der Waals surface area contributed by atoms with Gasteiger partial charge in [-0.15, -0.1) is 6.58 Å². The molecular formula is C12H10N2. The summed E-state index contributed by atoms with van der Waals surface area (Å²) in [4.78, 5) is 3.15. The maximum atomic E-state index is 8.96. The average Bonchev–Trinajstić information content (AvgIpc) is 2.62. The van der Waals surface area contributed by atoms with Gasteiger partial charge in [0, 0.05) is 17.1 Å². The van der Waals surface area contributed by atoms with E-state index < -0.39 is 0 Å². The average molecular weight is 182 g/mol. The van der Waals surface area contributed by atoms with Gasteiger partial charge in [-0.1, -0.05) is 12.1 Å². The highest BCUT2D eigenvalue weighted by atomic mass is 14.7. The molecule has 0 spiro atoms. The van der Waals surface area contributed by atoms with Crippen molar-refractivity contribution in [2.24, 2.45) is 0 Å². The van der Waals surface area contributed by atoms with Crippen LogP contribution in [0.4, 0.5) is 0 Å². The smallest absolute Gasteiger partial charge is 0.0998 e. The number of benzene rings is 1. The fourth-order valence-electron chi connectivity index (χ4n) is 1.67. The van der Waals surface area contributed by atoms with Gasteiger partial charge >= 0.3 is 0 Å². The molecule has 0 aliphatic heterocycles. The van der Waals surface area contributed by atoms with Gasteiger partial charge in [0.1, 0.15) is 0 Å². The minimum atomic E-state index is 0.723. The lowest BCUT2D eigenvalue weighted by atomic mass is 10.1. The van der Waals surface area contributed by atoms with E-state index in [-0.39, 0.29) is 0 Å². The van der Waals surface area contributed by atoms with E-state index >= 15 is 0 Å². The molecule has 0 unspecified atom stereocenters. The summed E-state index contributed by atoms with van der Waals surface area (Å²) < 4.78 is 0. The van der Waals surface area contributed by atoms with Gasteiger partial charge in [-0.25, -0.2) is 0 Å². The van der Waals surface area contributed by atoms with Crippen LogP contribution in [0.25, 0.3) is 10.9 Å². The standard InChI is InChI=1S/C12H10N2/c1-2-4-10-8-14-11-6-3-5-9(7-13)12(10)11/h2-3,5-6,8,14H,1,4H2. The summed E-state index contributed by atoms with van der Waals surface area (Å²) in [6, 6.07) is 7.90. The molecule has 1 heterocycles. The van der Waals surface area contributed by atoms with Crippen LogP contribution in [-0.4, -0.2) is 4.98 Å². The Labute approximate surface area is 82.5 Å². The Morgan fingerprint density at radius 2 is 2.36 bits per heavy atom. The topological polar surface area (TPSA) is 39.6 Å². The predicted molar refractivity (Wildman–Crippen MR) is 56.9 cm³/mol. The number of allylic oxidation sites excluding steroid dienone is 1. The van der Waals surface area contributed by atoms with Crippen LogP contribution in [0.15, 0.2) is 37.1 Å². The molecule has 0 saturated heterocycles. The van der Waals surface area contributed by atoms with E-state index in [0.717, 1.165) is 28.5 Å². The maximum absolute atomic E-state index is 8.96. The summed E-state index contributed by atoms with van der Waals surface area (Å²) in [5, 5.41) is 9.98. The van der Waals surface area contributed by atoms with E-state index in [4.69, 9.17) is 5.26 Å². The zero-order valence-electron chi connectivity index (χ0n) is 7.75. The number of rotatable bonds is 2. The van der Waals surface area contributed by atoms with Crippen molar-refractivity contribution in [2.75, 3.05) is 0 Å². The molecule has 0 bridgehead atoms. The molecule has 0 aliphatic rings. The molecule has 1 N–H and O–H groups in total. The van der Waals surface area contributed by atoms with E-state index in [2.05, 4.69) is 17.6 Å². The number of nitriles is 1. The number of nitrogens with one attached hydrogen (secondary N) is 1. The van der Waals surface area contributed by atoms with Gasteiger partial charge in [0.05, 0.1) is 11.6 Å². The number of hydrogen-bond acceptors (Lipinski definition) is 1. The number of H-pyrrole nitrogens is 1. The van der Waals surface area contributed by atoms with Crippen molar-refractivity contribution in [3.8, 4) is 6.07 Å². The van der Waals surface area contributed by atoms with Crippen LogP contribution in [0.2, 0.25) is 0 Å². The van der Waals surface area contributed by atoms with Crippen LogP contribution in [0, 0.1) is 11.3 Å². The van der Waals surface area contributed by atoms with E-state index in [1.54, 1.807) is 0 Å². The first-order valence-electron chi connectivity index (χ1n) is 4.47. The molecule has 0 aliphatic carbocycles. The first-order valence-corrected chi connectivity index (χ1v) is 4.47. The van der Waals surface area contributed by atoms with Crippen molar-refractivity contribution in [3.63, 3.8) is 0 Å². The third kappa shape index (κ3) is 1.20. The highest BCUT2D eigenvalue weighted by Crippen LogP contribution is 2.22. The molecule has 2 nitrogen and oxygen atoms in total. The second kappa shape index (κ2) is 3.39. The third-order valence-corrected chi connectivity index (χ3v) is 2.27. The Hall–Kier alpha value is -2.01. The molecular weight excluding hydrogens is 172 g/mol. The molecule has 0 radical (unpaired) electrons. The van der Waals surface area contributed by atoms with E-state index in [0.29, 0.717) is 0 Å². The molecule has 1 aromatic carbocycles. The second-order valence-corrected chi connectivity index (χ2v) is 3.15. The fraction of sp³-hybridized carbons (Fsp3) is 0.0833. The van der Waals surface area contributed by atoms with Gasteiger partial charge in [0.15, 0.2) is 0 Å². The Morgan fingerprint density at radius 1 is 1.50 bits per heavy atom. The van der Waals surface area contributed by atoms with Crippen LogP contribution in [0.1, 0.15) is 11.1 Å². The van der Waals surface area contributed by atoms with Crippen LogP contribution in [0.3, 0.4) is 0 Å². The van der Waals surface area contributed by atoms with Gasteiger partial charge in [0.25, 0.3) is 0 Å². The number of aromatic nitrogens is 1. The van der Waals surface area contributed by atoms with Gasteiger partial charge in [-0.05, 0) is 24.1 Å². The fourth-order valence-corrected chi connectivity index (χ4v) is 1.67. The van der Waals surface area contributed by atoms with Crippen LogP contribution >= 0.6 is 0 Å². The summed E-state index contributed by atoms with van der Waals surface area (Å²) in [6.07, 6.45) is 4.57. The third-order valence-electron chi connectivity index (χ3n) is 2.27. The molecule has 0 amide bonds. The van der Waals surface area contributed by atoms with E-state index in [9.17, 15) is 0 Å². The molecule has 68 valence electrons. The quantitative estimate of drug-likeness (QED) is 0.712. The first kappa shape index (κ1) is 8.58. The summed E-state index contributed by atoms with van der Waals surface area (Å²) in [7, 11) is 0. The lowest BCUT2D eigenvalue weighted by Crippen LogP contribution is -1.81. The lowest BCUT2D eigenvalue weighted by Gasteiger charge is -1.96. The lowest BCUT2D eigenvalue weighted by molar-refractivity contribution is 1.29. The Balaban J connectivity index is 2.75. The first-order chi connectivity index (χ1) is 6.86. The molecule has 14 heavy (non-hydrogen) atoms. The molecule has 2 aromatic rings. The van der Waals surface area contributed by atoms with Crippen molar-refractivity contribution in [3.05, 3.63) is 48.2 Å². The summed E-state index contributed by atoms with van der Waals surface area (Å²) >= 11 is 0. The van der Waals surface area contributed by atoms with E-state index in [1.165, 1.54) is 0 Å². The van der Waals surface area contributed by atoms with Crippen LogP contribution in [-0.2, 0) is 6.42 Å². The van der Waals surface area contributed by atoms with Crippen LogP contribution < -0.4 is 0 Å². The minimum Gasteiger partial charge on any atom is -0.361 e. The number of aromatic amines is 1. The Bertz CT molecular complexity index is 515. The molecule has 0 saturated carbocycles. The molecule has 1 aromatic heterocycles. The SMILES string of the molecule is C=CCc1c[nH]c2cccc(C#N)c12.